The maximum Gasteiger partial charge on any atom is 0.228 e. The van der Waals surface area contributed by atoms with E-state index in [9.17, 15) is 0 Å². The van der Waals surface area contributed by atoms with Gasteiger partial charge >= 0.3 is 0 Å². The van der Waals surface area contributed by atoms with Crippen LogP contribution in [0.4, 0.5) is 0 Å². The third kappa shape index (κ3) is 2.65. The number of nitrogens with one attached hydrogen (secondary N) is 1. The molecule has 1 aliphatic carbocycles. The summed E-state index contributed by atoms with van der Waals surface area (Å²) >= 11 is 1.95. The molecule has 2 aliphatic rings. The van der Waals surface area contributed by atoms with Gasteiger partial charge in [0.15, 0.2) is 5.82 Å². The molecule has 94 valence electrons. The zero-order valence-corrected chi connectivity index (χ0v) is 11.0. The largest absolute Gasteiger partial charge is 0.339 e. The third-order valence-electron chi connectivity index (χ3n) is 3.66. The summed E-state index contributed by atoms with van der Waals surface area (Å²) in [4.78, 5) is 4.55. The minimum Gasteiger partial charge on any atom is -0.339 e. The fourth-order valence-electron chi connectivity index (χ4n) is 2.45. The standard InChI is InChI=1S/C12H19N3OS/c1-13-9(8-4-5-8)7-11-14-12(15-16-11)10-3-2-6-17-10/h8-10,13H,2-7H2,1H3. The molecule has 0 bridgehead atoms. The highest BCUT2D eigenvalue weighted by Gasteiger charge is 2.32. The zero-order chi connectivity index (χ0) is 11.7. The molecule has 4 nitrogen and oxygen atoms in total. The lowest BCUT2D eigenvalue weighted by Gasteiger charge is -2.11. The maximum atomic E-state index is 5.37. The van der Waals surface area contributed by atoms with E-state index in [4.69, 9.17) is 4.52 Å². The van der Waals surface area contributed by atoms with E-state index in [1.54, 1.807) is 0 Å². The Morgan fingerprint density at radius 1 is 1.47 bits per heavy atom. The predicted octanol–water partition coefficient (Wildman–Crippen LogP) is 2.18. The molecule has 1 N–H and O–H groups in total. The van der Waals surface area contributed by atoms with Crippen LogP contribution in [0.5, 0.6) is 0 Å². The number of thioether (sulfide) groups is 1. The monoisotopic (exact) mass is 253 g/mol. The Labute approximate surface area is 106 Å². The van der Waals surface area contributed by atoms with Gasteiger partial charge in [-0.25, -0.2) is 0 Å². The Kier molecular flexibility index (Phi) is 3.38. The number of likely N-dealkylation sites (N-methyl/N-ethyl adjacent to an activating group) is 1. The van der Waals surface area contributed by atoms with Gasteiger partial charge in [-0.3, -0.25) is 0 Å². The van der Waals surface area contributed by atoms with Crippen molar-refractivity contribution in [3.63, 3.8) is 0 Å². The summed E-state index contributed by atoms with van der Waals surface area (Å²) in [5, 5.41) is 7.96. The van der Waals surface area contributed by atoms with E-state index < -0.39 is 0 Å². The van der Waals surface area contributed by atoms with Crippen molar-refractivity contribution in [3.05, 3.63) is 11.7 Å². The lowest BCUT2D eigenvalue weighted by molar-refractivity contribution is 0.348. The van der Waals surface area contributed by atoms with Crippen LogP contribution in [0.25, 0.3) is 0 Å². The Morgan fingerprint density at radius 3 is 3.00 bits per heavy atom. The Morgan fingerprint density at radius 2 is 2.35 bits per heavy atom. The SMILES string of the molecule is CNC(Cc1nc(C2CCCS2)no1)C1CC1. The van der Waals surface area contributed by atoms with Crippen LogP contribution >= 0.6 is 11.8 Å². The quantitative estimate of drug-likeness (QED) is 0.871. The van der Waals surface area contributed by atoms with Crippen molar-refractivity contribution >= 4 is 11.8 Å². The second-order valence-corrected chi connectivity index (χ2v) is 6.30. The summed E-state index contributed by atoms with van der Waals surface area (Å²) in [5.41, 5.74) is 0. The summed E-state index contributed by atoms with van der Waals surface area (Å²) in [7, 11) is 2.02. The van der Waals surface area contributed by atoms with Crippen molar-refractivity contribution in [2.75, 3.05) is 12.8 Å². The molecule has 0 radical (unpaired) electrons. The highest BCUT2D eigenvalue weighted by Crippen LogP contribution is 2.38. The fourth-order valence-corrected chi connectivity index (χ4v) is 3.65. The van der Waals surface area contributed by atoms with Crippen LogP contribution in [0.2, 0.25) is 0 Å². The summed E-state index contributed by atoms with van der Waals surface area (Å²) in [6, 6.07) is 0.513. The van der Waals surface area contributed by atoms with Crippen molar-refractivity contribution in [1.29, 1.82) is 0 Å². The summed E-state index contributed by atoms with van der Waals surface area (Å²) in [6.45, 7) is 0. The molecule has 0 aromatic carbocycles. The minimum atomic E-state index is 0.474. The molecule has 2 heterocycles. The Balaban J connectivity index is 1.62. The van der Waals surface area contributed by atoms with Gasteiger partial charge < -0.3 is 9.84 Å². The van der Waals surface area contributed by atoms with Crippen LogP contribution in [0.15, 0.2) is 4.52 Å². The molecule has 2 unspecified atom stereocenters. The average molecular weight is 253 g/mol. The van der Waals surface area contributed by atoms with Crippen LogP contribution in [-0.2, 0) is 6.42 Å². The molecule has 1 aliphatic heterocycles. The van der Waals surface area contributed by atoms with Gasteiger partial charge in [-0.15, -0.1) is 0 Å². The van der Waals surface area contributed by atoms with Crippen molar-refractivity contribution in [1.82, 2.24) is 15.5 Å². The molecule has 2 atom stereocenters. The normalized spacial score (nSPS) is 26.3. The van der Waals surface area contributed by atoms with Crippen molar-refractivity contribution in [3.8, 4) is 0 Å². The van der Waals surface area contributed by atoms with Crippen molar-refractivity contribution < 1.29 is 4.52 Å². The van der Waals surface area contributed by atoms with E-state index in [0.29, 0.717) is 11.3 Å². The molecule has 1 saturated heterocycles. The number of rotatable bonds is 5. The van der Waals surface area contributed by atoms with E-state index in [1.807, 2.05) is 18.8 Å². The Hall–Kier alpha value is -0.550. The minimum absolute atomic E-state index is 0.474. The summed E-state index contributed by atoms with van der Waals surface area (Å²) in [5.74, 6) is 3.76. The van der Waals surface area contributed by atoms with E-state index in [0.717, 1.165) is 24.1 Å². The van der Waals surface area contributed by atoms with E-state index in [-0.39, 0.29) is 0 Å². The second kappa shape index (κ2) is 4.98. The number of nitrogens with zero attached hydrogens (tertiary/aromatic N) is 2. The molecule has 0 spiro atoms. The number of aromatic nitrogens is 2. The van der Waals surface area contributed by atoms with E-state index in [1.165, 1.54) is 31.4 Å². The molecular formula is C12H19N3OS. The molecule has 5 heteroatoms. The van der Waals surface area contributed by atoms with Crippen LogP contribution in [0.1, 0.15) is 42.6 Å². The zero-order valence-electron chi connectivity index (χ0n) is 10.2. The first-order valence-corrected chi connectivity index (χ1v) is 7.53. The topological polar surface area (TPSA) is 51.0 Å². The van der Waals surface area contributed by atoms with Gasteiger partial charge in [0.1, 0.15) is 0 Å². The van der Waals surface area contributed by atoms with E-state index >= 15 is 0 Å². The summed E-state index contributed by atoms with van der Waals surface area (Å²) in [6.07, 6.45) is 6.03. The highest BCUT2D eigenvalue weighted by molar-refractivity contribution is 7.99. The van der Waals surface area contributed by atoms with E-state index in [2.05, 4.69) is 15.5 Å². The van der Waals surface area contributed by atoms with Gasteiger partial charge in [0.05, 0.1) is 5.25 Å². The van der Waals surface area contributed by atoms with Crippen molar-refractivity contribution in [2.45, 2.75) is 43.4 Å². The van der Waals surface area contributed by atoms with Gasteiger partial charge in [-0.1, -0.05) is 5.16 Å². The first kappa shape index (κ1) is 11.5. The molecule has 1 aromatic heterocycles. The van der Waals surface area contributed by atoms with Crippen LogP contribution in [-0.4, -0.2) is 29.0 Å². The highest BCUT2D eigenvalue weighted by atomic mass is 32.2. The first-order chi connectivity index (χ1) is 8.36. The predicted molar refractivity (Wildman–Crippen MR) is 68.0 cm³/mol. The van der Waals surface area contributed by atoms with Gasteiger partial charge in [-0.05, 0) is 44.4 Å². The Bertz CT molecular complexity index is 372. The molecule has 3 rings (SSSR count). The molecule has 17 heavy (non-hydrogen) atoms. The first-order valence-electron chi connectivity index (χ1n) is 6.48. The summed E-state index contributed by atoms with van der Waals surface area (Å²) < 4.78 is 5.37. The number of hydrogen-bond donors (Lipinski definition) is 1. The van der Waals surface area contributed by atoms with Gasteiger partial charge in [-0.2, -0.15) is 16.7 Å². The number of hydrogen-bond acceptors (Lipinski definition) is 5. The average Bonchev–Trinajstić information content (AvgIpc) is 2.88. The third-order valence-corrected chi connectivity index (χ3v) is 5.03. The van der Waals surface area contributed by atoms with Gasteiger partial charge in [0.2, 0.25) is 5.89 Å². The lowest BCUT2D eigenvalue weighted by atomic mass is 10.1. The fraction of sp³-hybridized carbons (Fsp3) is 0.833. The molecule has 1 saturated carbocycles. The lowest BCUT2D eigenvalue weighted by Crippen LogP contribution is -2.29. The van der Waals surface area contributed by atoms with Gasteiger partial charge in [0, 0.05) is 12.5 Å². The second-order valence-electron chi connectivity index (χ2n) is 4.98. The van der Waals surface area contributed by atoms with Crippen molar-refractivity contribution in [2.24, 2.45) is 5.92 Å². The van der Waals surface area contributed by atoms with Crippen LogP contribution < -0.4 is 5.32 Å². The maximum absolute atomic E-state index is 5.37. The smallest absolute Gasteiger partial charge is 0.228 e. The molecule has 1 aromatic rings. The van der Waals surface area contributed by atoms with Gasteiger partial charge in [0.25, 0.3) is 0 Å². The van der Waals surface area contributed by atoms with Crippen LogP contribution in [0, 0.1) is 5.92 Å². The molecular weight excluding hydrogens is 234 g/mol. The molecule has 2 fully saturated rings. The molecule has 0 amide bonds. The van der Waals surface area contributed by atoms with Crippen LogP contribution in [0.3, 0.4) is 0 Å².